The molecule has 0 aromatic heterocycles. The molecule has 0 unspecified atom stereocenters. The first kappa shape index (κ1) is 11.2. The Morgan fingerprint density at radius 2 is 2.00 bits per heavy atom. The quantitative estimate of drug-likeness (QED) is 0.739. The molecule has 0 radical (unpaired) electrons. The van der Waals surface area contributed by atoms with Crippen molar-refractivity contribution in [2.75, 3.05) is 11.9 Å². The smallest absolute Gasteiger partial charge is 0.162 e. The Morgan fingerprint density at radius 3 is 2.56 bits per heavy atom. The van der Waals surface area contributed by atoms with Crippen LogP contribution in [0.4, 0.5) is 5.69 Å². The molecule has 1 saturated carbocycles. The molecule has 0 heterocycles. The molecule has 2 heteroatoms. The molecule has 86 valence electrons. The highest BCUT2D eigenvalue weighted by Gasteiger charge is 2.19. The van der Waals surface area contributed by atoms with E-state index in [1.807, 2.05) is 31.2 Å². The Labute approximate surface area is 97.1 Å². The van der Waals surface area contributed by atoms with E-state index in [0.717, 1.165) is 23.7 Å². The van der Waals surface area contributed by atoms with Crippen molar-refractivity contribution >= 4 is 11.5 Å². The predicted molar refractivity (Wildman–Crippen MR) is 66.9 cm³/mol. The molecule has 16 heavy (non-hydrogen) atoms. The summed E-state index contributed by atoms with van der Waals surface area (Å²) in [6.07, 6.45) is 4.67. The van der Waals surface area contributed by atoms with Gasteiger partial charge in [-0.25, -0.2) is 0 Å². The zero-order valence-electron chi connectivity index (χ0n) is 9.83. The highest BCUT2D eigenvalue weighted by Crippen LogP contribution is 2.32. The summed E-state index contributed by atoms with van der Waals surface area (Å²) in [7, 11) is 0. The van der Waals surface area contributed by atoms with Crippen molar-refractivity contribution in [2.45, 2.75) is 32.6 Å². The highest BCUT2D eigenvalue weighted by molar-refractivity contribution is 5.96. The van der Waals surface area contributed by atoms with E-state index in [0.29, 0.717) is 6.42 Å². The van der Waals surface area contributed by atoms with Crippen LogP contribution in [-0.4, -0.2) is 12.3 Å². The lowest BCUT2D eigenvalue weighted by molar-refractivity contribution is 0.0988. The number of rotatable bonds is 6. The fourth-order valence-corrected chi connectivity index (χ4v) is 1.81. The molecule has 1 aromatic carbocycles. The van der Waals surface area contributed by atoms with Gasteiger partial charge in [-0.3, -0.25) is 4.79 Å². The van der Waals surface area contributed by atoms with Crippen molar-refractivity contribution in [2.24, 2.45) is 5.92 Å². The number of benzene rings is 1. The van der Waals surface area contributed by atoms with E-state index in [-0.39, 0.29) is 5.78 Å². The van der Waals surface area contributed by atoms with Crippen LogP contribution in [0.15, 0.2) is 24.3 Å². The van der Waals surface area contributed by atoms with Crippen LogP contribution < -0.4 is 5.32 Å². The summed E-state index contributed by atoms with van der Waals surface area (Å²) in [5, 5.41) is 3.39. The minimum atomic E-state index is 0.213. The molecule has 0 aliphatic heterocycles. The molecule has 0 bridgehead atoms. The molecule has 2 nitrogen and oxygen atoms in total. The first-order valence-corrected chi connectivity index (χ1v) is 6.16. The van der Waals surface area contributed by atoms with Crippen molar-refractivity contribution < 1.29 is 4.79 Å². The van der Waals surface area contributed by atoms with Crippen molar-refractivity contribution in [1.29, 1.82) is 0 Å². The number of nitrogens with one attached hydrogen (secondary N) is 1. The topological polar surface area (TPSA) is 29.1 Å². The van der Waals surface area contributed by atoms with Gasteiger partial charge in [-0.15, -0.1) is 0 Å². The van der Waals surface area contributed by atoms with Gasteiger partial charge in [0.25, 0.3) is 0 Å². The van der Waals surface area contributed by atoms with Gasteiger partial charge in [-0.2, -0.15) is 0 Å². The number of carbonyl (C=O) groups is 1. The summed E-state index contributed by atoms with van der Waals surface area (Å²) in [5.41, 5.74) is 1.93. The maximum atomic E-state index is 11.4. The Balaban J connectivity index is 1.83. The van der Waals surface area contributed by atoms with E-state index in [1.165, 1.54) is 19.3 Å². The maximum absolute atomic E-state index is 11.4. The Morgan fingerprint density at radius 1 is 1.31 bits per heavy atom. The maximum Gasteiger partial charge on any atom is 0.162 e. The van der Waals surface area contributed by atoms with Gasteiger partial charge in [0.15, 0.2) is 5.78 Å². The van der Waals surface area contributed by atoms with Crippen LogP contribution in [0.3, 0.4) is 0 Å². The van der Waals surface area contributed by atoms with Crippen LogP contribution >= 0.6 is 0 Å². The van der Waals surface area contributed by atoms with Crippen LogP contribution in [0.2, 0.25) is 0 Å². The third kappa shape index (κ3) is 3.09. The molecule has 1 aromatic rings. The van der Waals surface area contributed by atoms with Gasteiger partial charge in [-0.05, 0) is 36.6 Å². The molecule has 1 fully saturated rings. The van der Waals surface area contributed by atoms with Gasteiger partial charge in [-0.1, -0.05) is 19.8 Å². The van der Waals surface area contributed by atoms with E-state index in [1.54, 1.807) is 0 Å². The number of Topliss-reactive ketones (excluding diaryl/α,β-unsaturated/α-hetero) is 1. The van der Waals surface area contributed by atoms with Crippen LogP contribution in [0.1, 0.15) is 43.0 Å². The molecule has 0 saturated heterocycles. The van der Waals surface area contributed by atoms with Crippen LogP contribution in [0.5, 0.6) is 0 Å². The fraction of sp³-hybridized carbons (Fsp3) is 0.500. The van der Waals surface area contributed by atoms with Crippen molar-refractivity contribution in [3.63, 3.8) is 0 Å². The largest absolute Gasteiger partial charge is 0.385 e. The molecular formula is C14H19NO. The van der Waals surface area contributed by atoms with Gasteiger partial charge >= 0.3 is 0 Å². The monoisotopic (exact) mass is 217 g/mol. The minimum Gasteiger partial charge on any atom is -0.385 e. The average Bonchev–Trinajstić information content (AvgIpc) is 3.13. The third-order valence-electron chi connectivity index (χ3n) is 3.11. The molecule has 1 aliphatic rings. The molecule has 1 N–H and O–H groups in total. The van der Waals surface area contributed by atoms with Crippen LogP contribution in [-0.2, 0) is 0 Å². The zero-order valence-corrected chi connectivity index (χ0v) is 9.83. The lowest BCUT2D eigenvalue weighted by Gasteiger charge is -2.06. The zero-order chi connectivity index (χ0) is 11.4. The SMILES string of the molecule is CCC(=O)c1ccc(NCCC2CC2)cc1. The first-order valence-electron chi connectivity index (χ1n) is 6.16. The van der Waals surface area contributed by atoms with E-state index in [4.69, 9.17) is 0 Å². The molecule has 0 amide bonds. The first-order chi connectivity index (χ1) is 7.79. The number of hydrogen-bond acceptors (Lipinski definition) is 2. The second kappa shape index (κ2) is 5.15. The second-order valence-electron chi connectivity index (χ2n) is 4.51. The molecular weight excluding hydrogens is 198 g/mol. The Hall–Kier alpha value is -1.31. The van der Waals surface area contributed by atoms with Gasteiger partial charge in [0, 0.05) is 24.2 Å². The normalized spacial score (nSPS) is 14.8. The fourth-order valence-electron chi connectivity index (χ4n) is 1.81. The lowest BCUT2D eigenvalue weighted by atomic mass is 10.1. The summed E-state index contributed by atoms with van der Waals surface area (Å²) >= 11 is 0. The summed E-state index contributed by atoms with van der Waals surface area (Å²) in [6.45, 7) is 2.94. The van der Waals surface area contributed by atoms with E-state index in [2.05, 4.69) is 5.32 Å². The van der Waals surface area contributed by atoms with E-state index >= 15 is 0 Å². The van der Waals surface area contributed by atoms with Crippen molar-refractivity contribution in [3.05, 3.63) is 29.8 Å². The average molecular weight is 217 g/mol. The van der Waals surface area contributed by atoms with Crippen molar-refractivity contribution in [3.8, 4) is 0 Å². The van der Waals surface area contributed by atoms with E-state index < -0.39 is 0 Å². The summed E-state index contributed by atoms with van der Waals surface area (Å²) in [5.74, 6) is 1.18. The predicted octanol–water partition coefficient (Wildman–Crippen LogP) is 3.49. The van der Waals surface area contributed by atoms with Gasteiger partial charge in [0.2, 0.25) is 0 Å². The number of ketones is 1. The standard InChI is InChI=1S/C14H19NO/c1-2-14(16)12-5-7-13(8-6-12)15-10-9-11-3-4-11/h5-8,11,15H,2-4,9-10H2,1H3. The Kier molecular flexibility index (Phi) is 3.60. The number of anilines is 1. The summed E-state index contributed by atoms with van der Waals surface area (Å²) in [6, 6.07) is 7.81. The third-order valence-corrected chi connectivity index (χ3v) is 3.11. The number of hydrogen-bond donors (Lipinski definition) is 1. The van der Waals surface area contributed by atoms with Gasteiger partial charge < -0.3 is 5.32 Å². The number of carbonyl (C=O) groups excluding carboxylic acids is 1. The highest BCUT2D eigenvalue weighted by atomic mass is 16.1. The van der Waals surface area contributed by atoms with Gasteiger partial charge in [0.05, 0.1) is 0 Å². The summed E-state index contributed by atoms with van der Waals surface area (Å²) in [4.78, 5) is 11.4. The van der Waals surface area contributed by atoms with Crippen LogP contribution in [0.25, 0.3) is 0 Å². The molecule has 0 spiro atoms. The minimum absolute atomic E-state index is 0.213. The van der Waals surface area contributed by atoms with E-state index in [9.17, 15) is 4.79 Å². The summed E-state index contributed by atoms with van der Waals surface area (Å²) < 4.78 is 0. The van der Waals surface area contributed by atoms with Gasteiger partial charge in [0.1, 0.15) is 0 Å². The Bertz CT molecular complexity index is 352. The van der Waals surface area contributed by atoms with Crippen molar-refractivity contribution in [1.82, 2.24) is 0 Å². The molecule has 1 aliphatic carbocycles. The second-order valence-corrected chi connectivity index (χ2v) is 4.51. The van der Waals surface area contributed by atoms with Crippen LogP contribution in [0, 0.1) is 5.92 Å². The molecule has 0 atom stereocenters. The lowest BCUT2D eigenvalue weighted by Crippen LogP contribution is -2.03. The molecule has 2 rings (SSSR count).